The summed E-state index contributed by atoms with van der Waals surface area (Å²) in [4.78, 5) is 47.7. The molecule has 2 unspecified atom stereocenters. The minimum absolute atomic E-state index is 0.105. The van der Waals surface area contributed by atoms with Crippen LogP contribution in [-0.4, -0.2) is 23.3 Å². The summed E-state index contributed by atoms with van der Waals surface area (Å²) >= 11 is 1.99. The summed E-state index contributed by atoms with van der Waals surface area (Å²) in [5.74, 6) is -3.59. The number of benzene rings is 1. The first kappa shape index (κ1) is 15.8. The Labute approximate surface area is 135 Å². The average molecular weight is 399 g/mol. The number of fused-ring (bicyclic) bond motifs is 1. The summed E-state index contributed by atoms with van der Waals surface area (Å²) in [6, 6.07) is 5.02. The van der Waals surface area contributed by atoms with Gasteiger partial charge in [-0.05, 0) is 42.0 Å². The highest BCUT2D eigenvalue weighted by Crippen LogP contribution is 2.35. The van der Waals surface area contributed by atoms with Gasteiger partial charge in [-0.2, -0.15) is 0 Å². The van der Waals surface area contributed by atoms with Crippen LogP contribution in [0.4, 0.5) is 0 Å². The Morgan fingerprint density at radius 3 is 2.48 bits per heavy atom. The van der Waals surface area contributed by atoms with E-state index in [0.29, 0.717) is 14.7 Å². The molecule has 0 fully saturated rings. The van der Waals surface area contributed by atoms with E-state index in [9.17, 15) is 19.2 Å². The Hall–Kier alpha value is -1.57. The second kappa shape index (κ2) is 6.05. The Bertz CT molecular complexity index is 653. The fraction of sp³-hybridized carbons (Fsp3) is 0.333. The summed E-state index contributed by atoms with van der Waals surface area (Å²) in [5, 5.41) is 0. The zero-order valence-corrected chi connectivity index (χ0v) is 13.5. The highest BCUT2D eigenvalue weighted by Gasteiger charge is 2.46. The van der Waals surface area contributed by atoms with Crippen LogP contribution in [0, 0.1) is 15.4 Å². The van der Waals surface area contributed by atoms with Gasteiger partial charge in [-0.25, -0.2) is 0 Å². The van der Waals surface area contributed by atoms with Gasteiger partial charge in [0.05, 0.1) is 11.8 Å². The third-order valence-corrected chi connectivity index (χ3v) is 4.56. The van der Waals surface area contributed by atoms with E-state index in [4.69, 9.17) is 5.73 Å². The molecule has 0 saturated heterocycles. The summed E-state index contributed by atoms with van der Waals surface area (Å²) in [7, 11) is 0. The lowest BCUT2D eigenvalue weighted by Crippen LogP contribution is -2.36. The van der Waals surface area contributed by atoms with E-state index in [0.717, 1.165) is 0 Å². The maximum Gasteiger partial charge on any atom is 0.221 e. The molecular formula is C15H14INO4. The van der Waals surface area contributed by atoms with Gasteiger partial charge in [0.15, 0.2) is 11.6 Å². The van der Waals surface area contributed by atoms with Crippen molar-refractivity contribution in [1.82, 2.24) is 0 Å². The van der Waals surface area contributed by atoms with Gasteiger partial charge in [0, 0.05) is 21.1 Å². The molecule has 1 aromatic carbocycles. The first-order valence-electron chi connectivity index (χ1n) is 6.50. The van der Waals surface area contributed by atoms with Crippen molar-refractivity contribution in [3.8, 4) is 0 Å². The fourth-order valence-electron chi connectivity index (χ4n) is 2.62. The van der Waals surface area contributed by atoms with Crippen LogP contribution in [0.25, 0.3) is 0 Å². The third kappa shape index (κ3) is 2.90. The lowest BCUT2D eigenvalue weighted by molar-refractivity contribution is -0.123. The van der Waals surface area contributed by atoms with Crippen molar-refractivity contribution in [3.63, 3.8) is 0 Å². The van der Waals surface area contributed by atoms with Crippen LogP contribution in [-0.2, 0) is 9.59 Å². The normalized spacial score (nSPS) is 18.5. The molecule has 0 spiro atoms. The van der Waals surface area contributed by atoms with Gasteiger partial charge in [-0.15, -0.1) is 0 Å². The predicted octanol–water partition coefficient (Wildman–Crippen LogP) is 1.76. The SMILES string of the molecule is CC(=O)CCC(C(N)=O)C1C(=O)c2cccc(I)c2C1=O. The molecule has 0 bridgehead atoms. The van der Waals surface area contributed by atoms with Crippen LogP contribution in [0.15, 0.2) is 18.2 Å². The molecule has 0 saturated carbocycles. The van der Waals surface area contributed by atoms with Gasteiger partial charge in [-0.1, -0.05) is 12.1 Å². The molecule has 1 aromatic rings. The Morgan fingerprint density at radius 2 is 1.95 bits per heavy atom. The molecular weight excluding hydrogens is 385 g/mol. The van der Waals surface area contributed by atoms with Gasteiger partial charge in [0.2, 0.25) is 5.91 Å². The average Bonchev–Trinajstić information content (AvgIpc) is 2.64. The fourth-order valence-corrected chi connectivity index (χ4v) is 3.38. The van der Waals surface area contributed by atoms with E-state index in [1.807, 2.05) is 22.6 Å². The lowest BCUT2D eigenvalue weighted by atomic mass is 9.84. The van der Waals surface area contributed by atoms with Crippen LogP contribution in [0.2, 0.25) is 0 Å². The smallest absolute Gasteiger partial charge is 0.221 e. The molecule has 2 rings (SSSR count). The molecule has 1 aliphatic rings. The standard InChI is InChI=1S/C15H14INO4/c1-7(18)5-6-9(15(17)21)12-13(19)8-3-2-4-10(16)11(8)14(12)20/h2-4,9,12H,5-6H2,1H3,(H2,17,21). The zero-order chi connectivity index (χ0) is 15.7. The largest absolute Gasteiger partial charge is 0.369 e. The monoisotopic (exact) mass is 399 g/mol. The molecule has 0 aromatic heterocycles. The lowest BCUT2D eigenvalue weighted by Gasteiger charge is -2.17. The van der Waals surface area contributed by atoms with Crippen molar-refractivity contribution >= 4 is 45.8 Å². The summed E-state index contributed by atoms with van der Waals surface area (Å²) in [6.45, 7) is 1.40. The van der Waals surface area contributed by atoms with Gasteiger partial charge >= 0.3 is 0 Å². The quantitative estimate of drug-likeness (QED) is 0.603. The van der Waals surface area contributed by atoms with Crippen molar-refractivity contribution in [2.45, 2.75) is 19.8 Å². The third-order valence-electron chi connectivity index (χ3n) is 3.67. The van der Waals surface area contributed by atoms with Crippen molar-refractivity contribution in [3.05, 3.63) is 32.9 Å². The van der Waals surface area contributed by atoms with Gasteiger partial charge in [-0.3, -0.25) is 14.4 Å². The molecule has 110 valence electrons. The number of rotatable bonds is 5. The van der Waals surface area contributed by atoms with Crippen molar-refractivity contribution < 1.29 is 19.2 Å². The number of Topliss-reactive ketones (excluding diaryl/α,β-unsaturated/α-hetero) is 3. The predicted molar refractivity (Wildman–Crippen MR) is 83.9 cm³/mol. The maximum atomic E-state index is 12.5. The number of carbonyl (C=O) groups is 4. The molecule has 0 heterocycles. The minimum Gasteiger partial charge on any atom is -0.369 e. The Morgan fingerprint density at radius 1 is 1.29 bits per heavy atom. The Balaban J connectivity index is 2.38. The van der Waals surface area contributed by atoms with Gasteiger partial charge in [0.25, 0.3) is 0 Å². The van der Waals surface area contributed by atoms with Crippen LogP contribution in [0.5, 0.6) is 0 Å². The van der Waals surface area contributed by atoms with Crippen LogP contribution >= 0.6 is 22.6 Å². The second-order valence-corrected chi connectivity index (χ2v) is 6.28. The molecule has 0 aliphatic heterocycles. The molecule has 21 heavy (non-hydrogen) atoms. The molecule has 2 N–H and O–H groups in total. The molecule has 5 nitrogen and oxygen atoms in total. The number of nitrogens with two attached hydrogens (primary N) is 1. The molecule has 0 radical (unpaired) electrons. The van der Waals surface area contributed by atoms with Crippen molar-refractivity contribution in [2.24, 2.45) is 17.6 Å². The van der Waals surface area contributed by atoms with Crippen LogP contribution in [0.1, 0.15) is 40.5 Å². The number of amides is 1. The van der Waals surface area contributed by atoms with Crippen molar-refractivity contribution in [2.75, 3.05) is 0 Å². The van der Waals surface area contributed by atoms with Crippen LogP contribution in [0.3, 0.4) is 0 Å². The molecule has 1 amide bonds. The van der Waals surface area contributed by atoms with E-state index < -0.39 is 17.7 Å². The Kier molecular flexibility index (Phi) is 4.55. The summed E-state index contributed by atoms with van der Waals surface area (Å²) in [6.07, 6.45) is 0.246. The molecule has 1 aliphatic carbocycles. The summed E-state index contributed by atoms with van der Waals surface area (Å²) < 4.78 is 0.681. The number of hydrogen-bond acceptors (Lipinski definition) is 4. The van der Waals surface area contributed by atoms with E-state index in [-0.39, 0.29) is 30.2 Å². The molecule has 6 heteroatoms. The van der Waals surface area contributed by atoms with Gasteiger partial charge in [0.1, 0.15) is 5.78 Å². The van der Waals surface area contributed by atoms with E-state index in [1.165, 1.54) is 6.92 Å². The van der Waals surface area contributed by atoms with Crippen LogP contribution < -0.4 is 5.73 Å². The number of primary amides is 1. The maximum absolute atomic E-state index is 12.5. The highest BCUT2D eigenvalue weighted by molar-refractivity contribution is 14.1. The number of halogens is 1. The highest BCUT2D eigenvalue weighted by atomic mass is 127. The summed E-state index contributed by atoms with van der Waals surface area (Å²) in [5.41, 5.74) is 6.05. The van der Waals surface area contributed by atoms with Crippen molar-refractivity contribution in [1.29, 1.82) is 0 Å². The minimum atomic E-state index is -1.09. The second-order valence-electron chi connectivity index (χ2n) is 5.12. The van der Waals surface area contributed by atoms with Gasteiger partial charge < -0.3 is 10.5 Å². The first-order chi connectivity index (χ1) is 9.84. The van der Waals surface area contributed by atoms with E-state index >= 15 is 0 Å². The number of ketones is 3. The van der Waals surface area contributed by atoms with E-state index in [1.54, 1.807) is 18.2 Å². The molecule has 2 atom stereocenters. The zero-order valence-electron chi connectivity index (χ0n) is 11.4. The number of hydrogen-bond donors (Lipinski definition) is 1. The first-order valence-corrected chi connectivity index (χ1v) is 7.58. The van der Waals surface area contributed by atoms with E-state index in [2.05, 4.69) is 0 Å². The number of carbonyl (C=O) groups excluding carboxylic acids is 4. The topological polar surface area (TPSA) is 94.3 Å².